The normalized spacial score (nSPS) is 14.9. The van der Waals surface area contributed by atoms with Gasteiger partial charge in [-0.2, -0.15) is 0 Å². The topological polar surface area (TPSA) is 27.7 Å². The van der Waals surface area contributed by atoms with Crippen LogP contribution in [0.5, 0.6) is 0 Å². The molecule has 1 unspecified atom stereocenters. The lowest BCUT2D eigenvalue weighted by Gasteiger charge is -2.36. The van der Waals surface area contributed by atoms with Crippen LogP contribution >= 0.6 is 0 Å². The molecule has 0 fully saturated rings. The molecule has 0 heterocycles. The van der Waals surface area contributed by atoms with Gasteiger partial charge in [0.25, 0.3) is 9.28 Å². The quantitative estimate of drug-likeness (QED) is 0.433. The third-order valence-corrected chi connectivity index (χ3v) is 16.9. The predicted molar refractivity (Wildman–Crippen MR) is 98.7 cm³/mol. The molecule has 0 aromatic carbocycles. The first kappa shape index (κ1) is 20.2. The summed E-state index contributed by atoms with van der Waals surface area (Å²) in [6.07, 6.45) is 3.90. The maximum atomic E-state index is 6.35. The Hall–Kier alpha value is 0.228. The molecule has 0 radical (unpaired) electrons. The second kappa shape index (κ2) is 8.02. The van der Waals surface area contributed by atoms with Gasteiger partial charge in [0.2, 0.25) is 0 Å². The first-order valence-corrected chi connectivity index (χ1v) is 18.4. The summed E-state index contributed by atoms with van der Waals surface area (Å²) in [6.45, 7) is 22.8. The van der Waals surface area contributed by atoms with Gasteiger partial charge in [0.15, 0.2) is 16.6 Å². The van der Waals surface area contributed by atoms with Crippen molar-refractivity contribution in [2.75, 3.05) is 0 Å². The van der Waals surface area contributed by atoms with E-state index >= 15 is 0 Å². The SMILES string of the molecule is C=CC[Si](C)(C)O[SiH](C)O[Si](C)(C)O[Si](C)(C)CC=C. The molecule has 3 nitrogen and oxygen atoms in total. The van der Waals surface area contributed by atoms with Gasteiger partial charge in [0, 0.05) is 0 Å². The molecule has 0 rings (SSSR count). The average molecular weight is 349 g/mol. The molecule has 0 N–H and O–H groups in total. The highest BCUT2D eigenvalue weighted by Gasteiger charge is 2.36. The summed E-state index contributed by atoms with van der Waals surface area (Å²) in [6, 6.07) is 1.92. The van der Waals surface area contributed by atoms with Crippen molar-refractivity contribution in [1.29, 1.82) is 0 Å². The zero-order valence-electron chi connectivity index (χ0n) is 14.3. The fourth-order valence-electron chi connectivity index (χ4n) is 2.35. The predicted octanol–water partition coefficient (Wildman–Crippen LogP) is 4.37. The standard InChI is InChI=1S/C13H32O3Si4/c1-10-12-18(4,5)14-17(3)15-20(8,9)16-19(6,7)13-11-2/h10-11,17H,1-2,12-13H2,3-9H3. The highest BCUT2D eigenvalue weighted by Crippen LogP contribution is 2.22. The lowest BCUT2D eigenvalue weighted by Crippen LogP contribution is -2.51. The van der Waals surface area contributed by atoms with Crippen molar-refractivity contribution >= 4 is 34.5 Å². The Morgan fingerprint density at radius 1 is 0.850 bits per heavy atom. The molecule has 0 aliphatic carbocycles. The van der Waals surface area contributed by atoms with Gasteiger partial charge in [-0.25, -0.2) is 0 Å². The van der Waals surface area contributed by atoms with Crippen molar-refractivity contribution in [3.05, 3.63) is 25.3 Å². The minimum atomic E-state index is -2.11. The van der Waals surface area contributed by atoms with Gasteiger partial charge < -0.3 is 12.3 Å². The molecular weight excluding hydrogens is 316 g/mol. The number of hydrogen-bond acceptors (Lipinski definition) is 3. The Balaban J connectivity index is 4.52. The summed E-state index contributed by atoms with van der Waals surface area (Å²) >= 11 is 0. The first-order valence-electron chi connectivity index (χ1n) is 7.21. The summed E-state index contributed by atoms with van der Waals surface area (Å²) in [5, 5.41) is 0. The molecule has 0 spiro atoms. The van der Waals surface area contributed by atoms with Crippen LogP contribution < -0.4 is 0 Å². The average Bonchev–Trinajstić information content (AvgIpc) is 2.11. The van der Waals surface area contributed by atoms with E-state index in [1.165, 1.54) is 0 Å². The molecule has 0 aliphatic rings. The van der Waals surface area contributed by atoms with Gasteiger partial charge in [-0.1, -0.05) is 12.2 Å². The Kier molecular flexibility index (Phi) is 8.11. The van der Waals surface area contributed by atoms with Crippen molar-refractivity contribution in [3.63, 3.8) is 0 Å². The van der Waals surface area contributed by atoms with E-state index in [-0.39, 0.29) is 0 Å². The lowest BCUT2D eigenvalue weighted by atomic mass is 10.8. The number of rotatable bonds is 10. The van der Waals surface area contributed by atoms with E-state index in [1.807, 2.05) is 12.2 Å². The van der Waals surface area contributed by atoms with Crippen LogP contribution in [-0.4, -0.2) is 34.5 Å². The van der Waals surface area contributed by atoms with Crippen LogP contribution in [0.25, 0.3) is 0 Å². The van der Waals surface area contributed by atoms with Crippen LogP contribution in [0.4, 0.5) is 0 Å². The zero-order chi connectivity index (χ0) is 16.0. The van der Waals surface area contributed by atoms with E-state index in [9.17, 15) is 0 Å². The highest BCUT2D eigenvalue weighted by atomic mass is 28.5. The van der Waals surface area contributed by atoms with Gasteiger partial charge in [0.05, 0.1) is 0 Å². The summed E-state index contributed by atoms with van der Waals surface area (Å²) in [4.78, 5) is 0. The van der Waals surface area contributed by atoms with Crippen molar-refractivity contribution in [2.45, 2.75) is 57.9 Å². The van der Waals surface area contributed by atoms with Gasteiger partial charge >= 0.3 is 8.56 Å². The van der Waals surface area contributed by atoms with E-state index in [0.717, 1.165) is 12.1 Å². The largest absolute Gasteiger partial charge is 0.438 e. The fraction of sp³-hybridized carbons (Fsp3) is 0.692. The third kappa shape index (κ3) is 9.22. The zero-order valence-corrected chi connectivity index (χ0v) is 18.4. The molecule has 0 saturated heterocycles. The first-order chi connectivity index (χ1) is 8.93. The molecule has 0 amide bonds. The summed E-state index contributed by atoms with van der Waals surface area (Å²) in [5.74, 6) is 0. The second-order valence-electron chi connectivity index (χ2n) is 6.81. The Bertz CT molecular complexity index is 330. The molecule has 0 aromatic heterocycles. The van der Waals surface area contributed by atoms with Crippen molar-refractivity contribution in [2.24, 2.45) is 0 Å². The molecule has 118 valence electrons. The fourth-order valence-corrected chi connectivity index (χ4v) is 17.8. The van der Waals surface area contributed by atoms with Crippen LogP contribution in [0.2, 0.25) is 57.9 Å². The van der Waals surface area contributed by atoms with E-state index in [1.54, 1.807) is 0 Å². The number of hydrogen-bond donors (Lipinski definition) is 0. The lowest BCUT2D eigenvalue weighted by molar-refractivity contribution is 0.350. The molecule has 20 heavy (non-hydrogen) atoms. The van der Waals surface area contributed by atoms with Crippen LogP contribution in [0.15, 0.2) is 25.3 Å². The van der Waals surface area contributed by atoms with Crippen LogP contribution in [0.3, 0.4) is 0 Å². The van der Waals surface area contributed by atoms with Crippen LogP contribution in [0.1, 0.15) is 0 Å². The monoisotopic (exact) mass is 348 g/mol. The summed E-state index contributed by atoms with van der Waals surface area (Å²) in [5.41, 5.74) is 0. The minimum absolute atomic E-state index is 0.959. The summed E-state index contributed by atoms with van der Waals surface area (Å²) in [7, 11) is -7.12. The van der Waals surface area contributed by atoms with Gasteiger partial charge in [-0.05, 0) is 57.9 Å². The molecule has 0 bridgehead atoms. The Morgan fingerprint density at radius 3 is 1.75 bits per heavy atom. The molecule has 0 aliphatic heterocycles. The Labute approximate surface area is 130 Å². The third-order valence-electron chi connectivity index (χ3n) is 2.73. The second-order valence-corrected chi connectivity index (χ2v) is 21.3. The van der Waals surface area contributed by atoms with Crippen LogP contribution in [0, 0.1) is 0 Å². The van der Waals surface area contributed by atoms with Gasteiger partial charge in [0.1, 0.15) is 0 Å². The molecule has 1 atom stereocenters. The van der Waals surface area contributed by atoms with E-state index < -0.39 is 34.5 Å². The smallest absolute Gasteiger partial charge is 0.312 e. The van der Waals surface area contributed by atoms with Crippen LogP contribution in [-0.2, 0) is 12.3 Å². The molecular formula is C13H32O3Si4. The maximum absolute atomic E-state index is 6.35. The van der Waals surface area contributed by atoms with E-state index in [4.69, 9.17) is 12.3 Å². The van der Waals surface area contributed by atoms with Gasteiger partial charge in [-0.15, -0.1) is 13.2 Å². The summed E-state index contributed by atoms with van der Waals surface area (Å²) < 4.78 is 18.8. The van der Waals surface area contributed by atoms with E-state index in [2.05, 4.69) is 59.0 Å². The van der Waals surface area contributed by atoms with Crippen molar-refractivity contribution in [3.8, 4) is 0 Å². The van der Waals surface area contributed by atoms with Gasteiger partial charge in [-0.3, -0.25) is 0 Å². The Morgan fingerprint density at radius 2 is 1.30 bits per heavy atom. The van der Waals surface area contributed by atoms with Crippen molar-refractivity contribution in [1.82, 2.24) is 0 Å². The van der Waals surface area contributed by atoms with Crippen molar-refractivity contribution < 1.29 is 12.3 Å². The molecule has 7 heteroatoms. The molecule has 0 aromatic rings. The minimum Gasteiger partial charge on any atom is -0.438 e. The molecule has 0 saturated carbocycles. The highest BCUT2D eigenvalue weighted by molar-refractivity contribution is 6.85. The maximum Gasteiger partial charge on any atom is 0.312 e. The number of allylic oxidation sites excluding steroid dienone is 2. The van der Waals surface area contributed by atoms with E-state index in [0.29, 0.717) is 0 Å².